The number of hydrogen-bond donors (Lipinski definition) is 1. The molecule has 6 heteroatoms. The third-order valence-corrected chi connectivity index (χ3v) is 6.37. The lowest BCUT2D eigenvalue weighted by atomic mass is 10.3. The minimum Gasteiger partial charge on any atom is -0.310 e. The standard InChI is InChI=1S/C12H20N2O2S2/c1-10(2)13-8-11-7-12(17-9-11)18(15,16)14-5-3-4-6-14/h7,9-10,13H,3-6,8H2,1-2H3. The number of sulfonamides is 1. The predicted octanol–water partition coefficient (Wildman–Crippen LogP) is 2.03. The molecule has 0 aromatic carbocycles. The van der Waals surface area contributed by atoms with Gasteiger partial charge in [0.1, 0.15) is 4.21 Å². The van der Waals surface area contributed by atoms with Gasteiger partial charge >= 0.3 is 0 Å². The molecule has 0 atom stereocenters. The first kappa shape index (κ1) is 14.0. The monoisotopic (exact) mass is 288 g/mol. The summed E-state index contributed by atoms with van der Waals surface area (Å²) in [6, 6.07) is 2.21. The van der Waals surface area contributed by atoms with E-state index in [1.54, 1.807) is 10.4 Å². The summed E-state index contributed by atoms with van der Waals surface area (Å²) >= 11 is 1.33. The fraction of sp³-hybridized carbons (Fsp3) is 0.667. The van der Waals surface area contributed by atoms with Gasteiger partial charge in [-0.1, -0.05) is 13.8 Å². The summed E-state index contributed by atoms with van der Waals surface area (Å²) in [5, 5.41) is 5.22. The van der Waals surface area contributed by atoms with Gasteiger partial charge in [-0.3, -0.25) is 0 Å². The van der Waals surface area contributed by atoms with Crippen molar-refractivity contribution in [2.75, 3.05) is 13.1 Å². The van der Waals surface area contributed by atoms with Crippen molar-refractivity contribution in [3.63, 3.8) is 0 Å². The summed E-state index contributed by atoms with van der Waals surface area (Å²) in [4.78, 5) is 0. The molecule has 2 heterocycles. The average Bonchev–Trinajstić information content (AvgIpc) is 2.98. The molecule has 0 spiro atoms. The van der Waals surface area contributed by atoms with E-state index in [-0.39, 0.29) is 0 Å². The van der Waals surface area contributed by atoms with Crippen LogP contribution in [-0.4, -0.2) is 31.9 Å². The summed E-state index contributed by atoms with van der Waals surface area (Å²) in [6.45, 7) is 6.21. The molecule has 1 aromatic rings. The summed E-state index contributed by atoms with van der Waals surface area (Å²) < 4.78 is 26.7. The van der Waals surface area contributed by atoms with Crippen LogP contribution in [0, 0.1) is 0 Å². The van der Waals surface area contributed by atoms with E-state index in [0.29, 0.717) is 23.3 Å². The highest BCUT2D eigenvalue weighted by Crippen LogP contribution is 2.26. The zero-order valence-corrected chi connectivity index (χ0v) is 12.5. The highest BCUT2D eigenvalue weighted by molar-refractivity contribution is 7.91. The molecule has 0 saturated carbocycles. The van der Waals surface area contributed by atoms with Crippen LogP contribution in [0.4, 0.5) is 0 Å². The van der Waals surface area contributed by atoms with Gasteiger partial charge in [0.05, 0.1) is 0 Å². The van der Waals surface area contributed by atoms with Gasteiger partial charge in [-0.15, -0.1) is 11.3 Å². The molecule has 1 aliphatic rings. The normalized spacial score (nSPS) is 17.7. The van der Waals surface area contributed by atoms with Gasteiger partial charge in [-0.05, 0) is 29.9 Å². The fourth-order valence-corrected chi connectivity index (χ4v) is 4.84. The summed E-state index contributed by atoms with van der Waals surface area (Å²) in [5.41, 5.74) is 1.05. The minimum absolute atomic E-state index is 0.406. The molecule has 18 heavy (non-hydrogen) atoms. The third-order valence-electron chi connectivity index (χ3n) is 3.00. The van der Waals surface area contributed by atoms with Crippen molar-refractivity contribution in [2.24, 2.45) is 0 Å². The van der Waals surface area contributed by atoms with Crippen LogP contribution < -0.4 is 5.32 Å². The largest absolute Gasteiger partial charge is 0.310 e. The van der Waals surface area contributed by atoms with Crippen molar-refractivity contribution >= 4 is 21.4 Å². The van der Waals surface area contributed by atoms with E-state index in [1.807, 2.05) is 5.38 Å². The van der Waals surface area contributed by atoms with E-state index in [0.717, 1.165) is 24.9 Å². The van der Waals surface area contributed by atoms with Gasteiger partial charge in [-0.25, -0.2) is 8.42 Å². The van der Waals surface area contributed by atoms with Crippen molar-refractivity contribution in [3.8, 4) is 0 Å². The maximum atomic E-state index is 12.3. The molecule has 1 aliphatic heterocycles. The Morgan fingerprint density at radius 3 is 2.67 bits per heavy atom. The van der Waals surface area contributed by atoms with E-state index in [9.17, 15) is 8.42 Å². The lowest BCUT2D eigenvalue weighted by Gasteiger charge is -2.13. The van der Waals surface area contributed by atoms with Crippen LogP contribution in [0.5, 0.6) is 0 Å². The number of rotatable bonds is 5. The van der Waals surface area contributed by atoms with Crippen molar-refractivity contribution in [2.45, 2.75) is 43.5 Å². The van der Waals surface area contributed by atoms with Crippen LogP contribution in [0.3, 0.4) is 0 Å². The average molecular weight is 288 g/mol. The van der Waals surface area contributed by atoms with Gasteiger partial charge in [0.15, 0.2) is 0 Å². The number of hydrogen-bond acceptors (Lipinski definition) is 4. The number of nitrogens with zero attached hydrogens (tertiary/aromatic N) is 1. The molecule has 0 aliphatic carbocycles. The Balaban J connectivity index is 2.09. The van der Waals surface area contributed by atoms with Crippen LogP contribution in [0.1, 0.15) is 32.3 Å². The molecule has 0 unspecified atom stereocenters. The zero-order chi connectivity index (χ0) is 13.2. The van der Waals surface area contributed by atoms with Crippen LogP contribution in [-0.2, 0) is 16.6 Å². The molecule has 0 amide bonds. The second-order valence-corrected chi connectivity index (χ2v) is 8.00. The van der Waals surface area contributed by atoms with Crippen LogP contribution in [0.15, 0.2) is 15.7 Å². The number of nitrogens with one attached hydrogen (secondary N) is 1. The van der Waals surface area contributed by atoms with E-state index >= 15 is 0 Å². The van der Waals surface area contributed by atoms with Gasteiger partial charge in [0, 0.05) is 25.7 Å². The molecule has 4 nitrogen and oxygen atoms in total. The van der Waals surface area contributed by atoms with Crippen LogP contribution >= 0.6 is 11.3 Å². The smallest absolute Gasteiger partial charge is 0.252 e. The first-order valence-electron chi connectivity index (χ1n) is 6.31. The zero-order valence-electron chi connectivity index (χ0n) is 10.8. The first-order chi connectivity index (χ1) is 8.50. The maximum absolute atomic E-state index is 12.3. The van der Waals surface area contributed by atoms with Crippen molar-refractivity contribution in [3.05, 3.63) is 17.0 Å². The lowest BCUT2D eigenvalue weighted by Crippen LogP contribution is -2.27. The molecule has 1 saturated heterocycles. The van der Waals surface area contributed by atoms with Gasteiger partial charge in [0.2, 0.25) is 0 Å². The molecule has 1 fully saturated rings. The van der Waals surface area contributed by atoms with E-state index in [2.05, 4.69) is 19.2 Å². The van der Waals surface area contributed by atoms with Gasteiger partial charge in [-0.2, -0.15) is 4.31 Å². The van der Waals surface area contributed by atoms with E-state index < -0.39 is 10.0 Å². The van der Waals surface area contributed by atoms with Crippen molar-refractivity contribution in [1.29, 1.82) is 0 Å². The highest BCUT2D eigenvalue weighted by Gasteiger charge is 2.28. The molecule has 102 valence electrons. The minimum atomic E-state index is -3.23. The summed E-state index contributed by atoms with van der Waals surface area (Å²) in [5.74, 6) is 0. The molecule has 0 bridgehead atoms. The van der Waals surface area contributed by atoms with Crippen molar-refractivity contribution in [1.82, 2.24) is 9.62 Å². The lowest BCUT2D eigenvalue weighted by molar-refractivity contribution is 0.479. The third kappa shape index (κ3) is 3.12. The predicted molar refractivity (Wildman–Crippen MR) is 74.3 cm³/mol. The Kier molecular flexibility index (Phi) is 4.42. The Labute approximate surface area is 113 Å². The Hall–Kier alpha value is -0.430. The second-order valence-electron chi connectivity index (χ2n) is 4.92. The molecule has 2 rings (SSSR count). The molecular weight excluding hydrogens is 268 g/mol. The highest BCUT2D eigenvalue weighted by atomic mass is 32.2. The molecule has 1 N–H and O–H groups in total. The van der Waals surface area contributed by atoms with E-state index in [4.69, 9.17) is 0 Å². The molecule has 1 aromatic heterocycles. The van der Waals surface area contributed by atoms with Gasteiger partial charge < -0.3 is 5.32 Å². The number of thiophene rings is 1. The van der Waals surface area contributed by atoms with Crippen molar-refractivity contribution < 1.29 is 8.42 Å². The van der Waals surface area contributed by atoms with Crippen LogP contribution in [0.2, 0.25) is 0 Å². The fourth-order valence-electron chi connectivity index (χ4n) is 1.96. The summed E-state index contributed by atoms with van der Waals surface area (Å²) in [7, 11) is -3.23. The first-order valence-corrected chi connectivity index (χ1v) is 8.63. The maximum Gasteiger partial charge on any atom is 0.252 e. The van der Waals surface area contributed by atoms with E-state index in [1.165, 1.54) is 11.3 Å². The van der Waals surface area contributed by atoms with Gasteiger partial charge in [0.25, 0.3) is 10.0 Å². The second kappa shape index (κ2) is 5.69. The summed E-state index contributed by atoms with van der Waals surface area (Å²) in [6.07, 6.45) is 1.96. The Morgan fingerprint density at radius 2 is 2.06 bits per heavy atom. The molecular formula is C12H20N2O2S2. The SMILES string of the molecule is CC(C)NCc1csc(S(=O)(=O)N2CCCC2)c1. The Morgan fingerprint density at radius 1 is 1.39 bits per heavy atom. The quantitative estimate of drug-likeness (QED) is 0.902. The topological polar surface area (TPSA) is 49.4 Å². The van der Waals surface area contributed by atoms with Crippen LogP contribution in [0.25, 0.3) is 0 Å². The molecule has 0 radical (unpaired) electrons. The Bertz CT molecular complexity index is 488.